The molecule has 1 atom stereocenters. The van der Waals surface area contributed by atoms with Gasteiger partial charge in [-0.3, -0.25) is 4.79 Å². The number of benzene rings is 1. The summed E-state index contributed by atoms with van der Waals surface area (Å²) in [4.78, 5) is 12.1. The molecule has 20 heavy (non-hydrogen) atoms. The van der Waals surface area contributed by atoms with Gasteiger partial charge in [0.25, 0.3) is 5.91 Å². The summed E-state index contributed by atoms with van der Waals surface area (Å²) >= 11 is 0. The van der Waals surface area contributed by atoms with Gasteiger partial charge < -0.3 is 10.1 Å². The van der Waals surface area contributed by atoms with Crippen LogP contribution in [0.2, 0.25) is 0 Å². The molecule has 1 aliphatic rings. The van der Waals surface area contributed by atoms with E-state index in [0.717, 1.165) is 12.8 Å². The normalized spacial score (nSPS) is 18.1. The Morgan fingerprint density at radius 3 is 2.40 bits per heavy atom. The van der Waals surface area contributed by atoms with Gasteiger partial charge in [0.05, 0.1) is 0 Å². The minimum absolute atomic E-state index is 0.0961. The summed E-state index contributed by atoms with van der Waals surface area (Å²) in [6.07, 6.45) is 6.41. The van der Waals surface area contributed by atoms with E-state index in [0.29, 0.717) is 5.75 Å². The highest BCUT2D eigenvalue weighted by Gasteiger charge is 2.20. The van der Waals surface area contributed by atoms with Gasteiger partial charge >= 0.3 is 0 Å². The van der Waals surface area contributed by atoms with Crippen molar-refractivity contribution < 1.29 is 13.9 Å². The Morgan fingerprint density at radius 2 is 1.80 bits per heavy atom. The molecule has 0 heterocycles. The molecule has 0 bridgehead atoms. The van der Waals surface area contributed by atoms with Crippen LogP contribution in [0, 0.1) is 5.82 Å². The highest BCUT2D eigenvalue weighted by molar-refractivity contribution is 5.81. The lowest BCUT2D eigenvalue weighted by Gasteiger charge is -2.20. The van der Waals surface area contributed by atoms with E-state index < -0.39 is 6.10 Å². The highest BCUT2D eigenvalue weighted by Crippen LogP contribution is 2.18. The fourth-order valence-electron chi connectivity index (χ4n) is 2.51. The minimum Gasteiger partial charge on any atom is -0.481 e. The molecular weight excluding hydrogens is 257 g/mol. The zero-order chi connectivity index (χ0) is 14.4. The molecule has 1 aliphatic carbocycles. The Kier molecular flexibility index (Phi) is 5.39. The molecule has 2 rings (SSSR count). The molecule has 0 spiro atoms. The first-order chi connectivity index (χ1) is 9.65. The smallest absolute Gasteiger partial charge is 0.260 e. The van der Waals surface area contributed by atoms with E-state index >= 15 is 0 Å². The molecule has 1 N–H and O–H groups in total. The van der Waals surface area contributed by atoms with E-state index in [4.69, 9.17) is 4.74 Å². The maximum absolute atomic E-state index is 12.8. The zero-order valence-electron chi connectivity index (χ0n) is 11.9. The lowest BCUT2D eigenvalue weighted by atomic mass is 10.1. The first-order valence-corrected chi connectivity index (χ1v) is 7.38. The second-order valence-corrected chi connectivity index (χ2v) is 5.41. The number of hydrogen-bond donors (Lipinski definition) is 1. The third kappa shape index (κ3) is 4.51. The number of halogens is 1. The van der Waals surface area contributed by atoms with Crippen LogP contribution in [0.3, 0.4) is 0 Å². The first-order valence-electron chi connectivity index (χ1n) is 7.38. The summed E-state index contributed by atoms with van der Waals surface area (Å²) in [5.41, 5.74) is 0. The largest absolute Gasteiger partial charge is 0.481 e. The monoisotopic (exact) mass is 279 g/mol. The molecule has 1 aromatic rings. The number of rotatable bonds is 4. The molecule has 1 amide bonds. The van der Waals surface area contributed by atoms with Gasteiger partial charge in [0.1, 0.15) is 11.6 Å². The van der Waals surface area contributed by atoms with Crippen LogP contribution in [0.25, 0.3) is 0 Å². The number of carbonyl (C=O) groups excluding carboxylic acids is 1. The van der Waals surface area contributed by atoms with Crippen LogP contribution in [0.4, 0.5) is 4.39 Å². The first kappa shape index (κ1) is 14.8. The zero-order valence-corrected chi connectivity index (χ0v) is 11.9. The van der Waals surface area contributed by atoms with Gasteiger partial charge in [0, 0.05) is 6.04 Å². The van der Waals surface area contributed by atoms with Crippen LogP contribution in [-0.4, -0.2) is 18.1 Å². The standard InChI is InChI=1S/C16H22FNO2/c1-12(20-15-10-8-13(17)9-11-15)16(19)18-14-6-4-2-3-5-7-14/h8-12,14H,2-7H2,1H3,(H,18,19)/t12-/m0/s1. The molecule has 110 valence electrons. The average molecular weight is 279 g/mol. The van der Waals surface area contributed by atoms with Crippen molar-refractivity contribution in [3.05, 3.63) is 30.1 Å². The number of amides is 1. The fraction of sp³-hybridized carbons (Fsp3) is 0.562. The van der Waals surface area contributed by atoms with Crippen LogP contribution in [0.5, 0.6) is 5.75 Å². The van der Waals surface area contributed by atoms with Gasteiger partial charge in [-0.25, -0.2) is 4.39 Å². The van der Waals surface area contributed by atoms with Crippen molar-refractivity contribution in [3.63, 3.8) is 0 Å². The topological polar surface area (TPSA) is 38.3 Å². The van der Waals surface area contributed by atoms with E-state index in [2.05, 4.69) is 5.32 Å². The van der Waals surface area contributed by atoms with Crippen molar-refractivity contribution in [3.8, 4) is 5.75 Å². The summed E-state index contributed by atoms with van der Waals surface area (Å²) in [5.74, 6) is 0.101. The molecule has 3 nitrogen and oxygen atoms in total. The van der Waals surface area contributed by atoms with E-state index in [1.807, 2.05) is 0 Å². The number of nitrogens with one attached hydrogen (secondary N) is 1. The minimum atomic E-state index is -0.566. The van der Waals surface area contributed by atoms with Crippen molar-refractivity contribution in [2.45, 2.75) is 57.6 Å². The highest BCUT2D eigenvalue weighted by atomic mass is 19.1. The number of carbonyl (C=O) groups is 1. The number of ether oxygens (including phenoxy) is 1. The second kappa shape index (κ2) is 7.27. The molecule has 4 heteroatoms. The maximum Gasteiger partial charge on any atom is 0.260 e. The summed E-state index contributed by atoms with van der Waals surface area (Å²) in [5, 5.41) is 3.05. The Bertz CT molecular complexity index is 425. The van der Waals surface area contributed by atoms with Gasteiger partial charge in [-0.1, -0.05) is 25.7 Å². The van der Waals surface area contributed by atoms with Crippen molar-refractivity contribution in [2.24, 2.45) is 0 Å². The Labute approximate surface area is 119 Å². The Hall–Kier alpha value is -1.58. The van der Waals surface area contributed by atoms with Crippen molar-refractivity contribution in [2.75, 3.05) is 0 Å². The van der Waals surface area contributed by atoms with E-state index in [-0.39, 0.29) is 17.8 Å². The van der Waals surface area contributed by atoms with Crippen LogP contribution < -0.4 is 10.1 Å². The third-order valence-electron chi connectivity index (χ3n) is 3.70. The fourth-order valence-corrected chi connectivity index (χ4v) is 2.51. The van der Waals surface area contributed by atoms with Crippen LogP contribution in [0.15, 0.2) is 24.3 Å². The lowest BCUT2D eigenvalue weighted by molar-refractivity contribution is -0.128. The van der Waals surface area contributed by atoms with Gasteiger partial charge in [0.2, 0.25) is 0 Å². The summed E-state index contributed by atoms with van der Waals surface area (Å²) < 4.78 is 18.3. The van der Waals surface area contributed by atoms with Crippen molar-refractivity contribution >= 4 is 5.91 Å². The lowest BCUT2D eigenvalue weighted by Crippen LogP contribution is -2.42. The Morgan fingerprint density at radius 1 is 1.20 bits per heavy atom. The van der Waals surface area contributed by atoms with Gasteiger partial charge in [0.15, 0.2) is 6.10 Å². The molecule has 1 fully saturated rings. The predicted octanol–water partition coefficient (Wildman–Crippen LogP) is 3.43. The van der Waals surface area contributed by atoms with Crippen molar-refractivity contribution in [1.29, 1.82) is 0 Å². The molecule has 1 saturated carbocycles. The molecule has 0 radical (unpaired) electrons. The van der Waals surface area contributed by atoms with E-state index in [9.17, 15) is 9.18 Å². The molecule has 0 aliphatic heterocycles. The Balaban J connectivity index is 1.83. The predicted molar refractivity (Wildman–Crippen MR) is 76.1 cm³/mol. The van der Waals surface area contributed by atoms with Gasteiger partial charge in [-0.05, 0) is 44.0 Å². The summed E-state index contributed by atoms with van der Waals surface area (Å²) in [6.45, 7) is 1.72. The SMILES string of the molecule is C[C@H](Oc1ccc(F)cc1)C(=O)NC1CCCCCC1. The van der Waals surface area contributed by atoms with Crippen LogP contribution in [-0.2, 0) is 4.79 Å². The van der Waals surface area contributed by atoms with E-state index in [1.165, 1.54) is 49.9 Å². The molecular formula is C16H22FNO2. The molecule has 0 unspecified atom stereocenters. The quantitative estimate of drug-likeness (QED) is 0.857. The second-order valence-electron chi connectivity index (χ2n) is 5.41. The number of hydrogen-bond acceptors (Lipinski definition) is 2. The summed E-state index contributed by atoms with van der Waals surface area (Å²) in [6, 6.07) is 5.98. The van der Waals surface area contributed by atoms with Gasteiger partial charge in [-0.2, -0.15) is 0 Å². The van der Waals surface area contributed by atoms with E-state index in [1.54, 1.807) is 6.92 Å². The third-order valence-corrected chi connectivity index (χ3v) is 3.70. The molecule has 1 aromatic carbocycles. The van der Waals surface area contributed by atoms with Crippen LogP contribution in [0.1, 0.15) is 45.4 Å². The summed E-state index contributed by atoms with van der Waals surface area (Å²) in [7, 11) is 0. The van der Waals surface area contributed by atoms with Gasteiger partial charge in [-0.15, -0.1) is 0 Å². The average Bonchev–Trinajstić information content (AvgIpc) is 2.70. The molecule has 0 saturated heterocycles. The maximum atomic E-state index is 12.8. The van der Waals surface area contributed by atoms with Crippen molar-refractivity contribution in [1.82, 2.24) is 5.32 Å². The van der Waals surface area contributed by atoms with Crippen LogP contribution >= 0.6 is 0 Å². The molecule has 0 aromatic heterocycles.